The third-order valence-corrected chi connectivity index (χ3v) is 3.64. The summed E-state index contributed by atoms with van der Waals surface area (Å²) in [5.41, 5.74) is 8.16. The van der Waals surface area contributed by atoms with Crippen LogP contribution < -0.4 is 10.5 Å². The van der Waals surface area contributed by atoms with Crippen molar-refractivity contribution in [3.8, 4) is 5.75 Å². The summed E-state index contributed by atoms with van der Waals surface area (Å²) >= 11 is 3.48. The van der Waals surface area contributed by atoms with E-state index in [0.717, 1.165) is 36.1 Å². The summed E-state index contributed by atoms with van der Waals surface area (Å²) in [6.45, 7) is 1.37. The zero-order chi connectivity index (χ0) is 14.2. The summed E-state index contributed by atoms with van der Waals surface area (Å²) < 4.78 is 6.96. The molecule has 0 atom stereocenters. The van der Waals surface area contributed by atoms with Gasteiger partial charge in [0.2, 0.25) is 0 Å². The molecule has 106 valence electrons. The highest BCUT2D eigenvalue weighted by Crippen LogP contribution is 2.23. The average molecular weight is 334 g/mol. The molecule has 0 fully saturated rings. The van der Waals surface area contributed by atoms with Crippen molar-refractivity contribution in [3.63, 3.8) is 0 Å². The molecule has 2 aromatic carbocycles. The molecular formula is C17H20BrNO. The SMILES string of the molecule is NCCc1cc(Br)ccc1OCCCc1ccccc1. The lowest BCUT2D eigenvalue weighted by molar-refractivity contribution is 0.308. The third-order valence-electron chi connectivity index (χ3n) is 3.15. The second-order valence-electron chi connectivity index (χ2n) is 4.73. The van der Waals surface area contributed by atoms with Crippen molar-refractivity contribution in [2.75, 3.05) is 13.2 Å². The van der Waals surface area contributed by atoms with Gasteiger partial charge in [-0.05, 0) is 55.1 Å². The van der Waals surface area contributed by atoms with E-state index < -0.39 is 0 Å². The predicted molar refractivity (Wildman–Crippen MR) is 87.2 cm³/mol. The minimum Gasteiger partial charge on any atom is -0.493 e. The molecule has 0 radical (unpaired) electrons. The Morgan fingerprint density at radius 2 is 1.80 bits per heavy atom. The monoisotopic (exact) mass is 333 g/mol. The molecule has 0 aromatic heterocycles. The molecule has 0 aliphatic heterocycles. The summed E-state index contributed by atoms with van der Waals surface area (Å²) in [7, 11) is 0. The van der Waals surface area contributed by atoms with E-state index in [1.165, 1.54) is 11.1 Å². The van der Waals surface area contributed by atoms with Gasteiger partial charge in [0.1, 0.15) is 5.75 Å². The first kappa shape index (κ1) is 15.1. The lowest BCUT2D eigenvalue weighted by Gasteiger charge is -2.11. The number of aryl methyl sites for hydroxylation is 1. The fraction of sp³-hybridized carbons (Fsp3) is 0.294. The van der Waals surface area contributed by atoms with Gasteiger partial charge in [-0.2, -0.15) is 0 Å². The van der Waals surface area contributed by atoms with Crippen molar-refractivity contribution < 1.29 is 4.74 Å². The van der Waals surface area contributed by atoms with Gasteiger partial charge in [0.05, 0.1) is 6.61 Å². The van der Waals surface area contributed by atoms with Gasteiger partial charge in [-0.25, -0.2) is 0 Å². The molecule has 3 heteroatoms. The Bertz CT molecular complexity index is 528. The van der Waals surface area contributed by atoms with Crippen molar-refractivity contribution in [2.24, 2.45) is 5.73 Å². The van der Waals surface area contributed by atoms with Gasteiger partial charge in [0.25, 0.3) is 0 Å². The Kier molecular flexibility index (Phi) is 6.09. The zero-order valence-corrected chi connectivity index (χ0v) is 13.1. The second kappa shape index (κ2) is 8.08. The number of ether oxygens (including phenoxy) is 1. The standard InChI is InChI=1S/C17H20BrNO/c18-16-8-9-17(15(13-16)10-11-19)20-12-4-7-14-5-2-1-3-6-14/h1-3,5-6,8-9,13H,4,7,10-12,19H2. The number of hydrogen-bond donors (Lipinski definition) is 1. The van der Waals surface area contributed by atoms with Crippen LogP contribution in [0.3, 0.4) is 0 Å². The highest BCUT2D eigenvalue weighted by Gasteiger charge is 2.04. The lowest BCUT2D eigenvalue weighted by atomic mass is 10.1. The van der Waals surface area contributed by atoms with Crippen LogP contribution in [0, 0.1) is 0 Å². The Morgan fingerprint density at radius 3 is 2.55 bits per heavy atom. The Balaban J connectivity index is 1.84. The molecule has 0 amide bonds. The largest absolute Gasteiger partial charge is 0.493 e. The first-order chi connectivity index (χ1) is 9.79. The molecule has 0 heterocycles. The Morgan fingerprint density at radius 1 is 1.00 bits per heavy atom. The van der Waals surface area contributed by atoms with E-state index >= 15 is 0 Å². The minimum absolute atomic E-state index is 0.636. The van der Waals surface area contributed by atoms with Crippen LogP contribution >= 0.6 is 15.9 Å². The highest BCUT2D eigenvalue weighted by molar-refractivity contribution is 9.10. The number of rotatable bonds is 7. The molecule has 0 saturated heterocycles. The molecule has 2 nitrogen and oxygen atoms in total. The number of benzene rings is 2. The van der Waals surface area contributed by atoms with Crippen LogP contribution in [0.25, 0.3) is 0 Å². The Hall–Kier alpha value is -1.32. The van der Waals surface area contributed by atoms with E-state index in [1.54, 1.807) is 0 Å². The van der Waals surface area contributed by atoms with Crippen LogP contribution in [0.15, 0.2) is 53.0 Å². The van der Waals surface area contributed by atoms with E-state index in [-0.39, 0.29) is 0 Å². The lowest BCUT2D eigenvalue weighted by Crippen LogP contribution is -2.06. The van der Waals surface area contributed by atoms with Crippen molar-refractivity contribution in [2.45, 2.75) is 19.3 Å². The van der Waals surface area contributed by atoms with E-state index in [1.807, 2.05) is 18.2 Å². The first-order valence-electron chi connectivity index (χ1n) is 6.95. The van der Waals surface area contributed by atoms with Gasteiger partial charge < -0.3 is 10.5 Å². The van der Waals surface area contributed by atoms with Crippen molar-refractivity contribution in [1.29, 1.82) is 0 Å². The van der Waals surface area contributed by atoms with Gasteiger partial charge in [-0.15, -0.1) is 0 Å². The first-order valence-corrected chi connectivity index (χ1v) is 7.74. The third kappa shape index (κ3) is 4.66. The fourth-order valence-electron chi connectivity index (χ4n) is 2.14. The maximum absolute atomic E-state index is 5.89. The number of hydrogen-bond acceptors (Lipinski definition) is 2. The number of halogens is 1. The van der Waals surface area contributed by atoms with Gasteiger partial charge in [-0.1, -0.05) is 46.3 Å². The molecule has 0 unspecified atom stereocenters. The summed E-state index contributed by atoms with van der Waals surface area (Å²) in [6.07, 6.45) is 2.90. The normalized spacial score (nSPS) is 10.5. The summed E-state index contributed by atoms with van der Waals surface area (Å²) in [5, 5.41) is 0. The molecular weight excluding hydrogens is 314 g/mol. The van der Waals surface area contributed by atoms with E-state index in [4.69, 9.17) is 10.5 Å². The molecule has 20 heavy (non-hydrogen) atoms. The van der Waals surface area contributed by atoms with Crippen LogP contribution in [0.5, 0.6) is 5.75 Å². The van der Waals surface area contributed by atoms with Crippen LogP contribution in [-0.2, 0) is 12.8 Å². The summed E-state index contributed by atoms with van der Waals surface area (Å²) in [5.74, 6) is 0.951. The van der Waals surface area contributed by atoms with Gasteiger partial charge in [0, 0.05) is 4.47 Å². The van der Waals surface area contributed by atoms with Crippen LogP contribution in [0.2, 0.25) is 0 Å². The van der Waals surface area contributed by atoms with Gasteiger partial charge >= 0.3 is 0 Å². The fourth-order valence-corrected chi connectivity index (χ4v) is 2.55. The smallest absolute Gasteiger partial charge is 0.122 e. The van der Waals surface area contributed by atoms with Gasteiger partial charge in [0.15, 0.2) is 0 Å². The van der Waals surface area contributed by atoms with Crippen molar-refractivity contribution in [3.05, 3.63) is 64.1 Å². The molecule has 2 rings (SSSR count). The molecule has 2 N–H and O–H groups in total. The van der Waals surface area contributed by atoms with E-state index in [9.17, 15) is 0 Å². The predicted octanol–water partition coefficient (Wildman–Crippen LogP) is 3.96. The zero-order valence-electron chi connectivity index (χ0n) is 11.5. The summed E-state index contributed by atoms with van der Waals surface area (Å²) in [6, 6.07) is 16.6. The van der Waals surface area contributed by atoms with Crippen molar-refractivity contribution >= 4 is 15.9 Å². The van der Waals surface area contributed by atoms with Crippen LogP contribution in [-0.4, -0.2) is 13.2 Å². The minimum atomic E-state index is 0.636. The second-order valence-corrected chi connectivity index (χ2v) is 5.64. The maximum atomic E-state index is 5.89. The van der Waals surface area contributed by atoms with Crippen LogP contribution in [0.1, 0.15) is 17.5 Å². The van der Waals surface area contributed by atoms with Crippen LogP contribution in [0.4, 0.5) is 0 Å². The van der Waals surface area contributed by atoms with E-state index in [2.05, 4.69) is 46.3 Å². The Labute approximate surface area is 129 Å². The quantitative estimate of drug-likeness (QED) is 0.778. The molecule has 2 aromatic rings. The van der Waals surface area contributed by atoms with Crippen molar-refractivity contribution in [1.82, 2.24) is 0 Å². The average Bonchev–Trinajstić information content (AvgIpc) is 2.47. The highest BCUT2D eigenvalue weighted by atomic mass is 79.9. The topological polar surface area (TPSA) is 35.2 Å². The molecule has 0 bridgehead atoms. The molecule has 0 spiro atoms. The number of nitrogens with two attached hydrogens (primary N) is 1. The summed E-state index contributed by atoms with van der Waals surface area (Å²) in [4.78, 5) is 0. The molecule has 0 aliphatic rings. The maximum Gasteiger partial charge on any atom is 0.122 e. The van der Waals surface area contributed by atoms with Gasteiger partial charge in [-0.3, -0.25) is 0 Å². The molecule has 0 aliphatic carbocycles. The molecule has 0 saturated carbocycles. The van der Waals surface area contributed by atoms with E-state index in [0.29, 0.717) is 6.54 Å².